The zero-order chi connectivity index (χ0) is 21.5. The van der Waals surface area contributed by atoms with E-state index in [1.807, 2.05) is 12.1 Å². The van der Waals surface area contributed by atoms with Gasteiger partial charge in [0.05, 0.1) is 17.7 Å². The SMILES string of the molecule is O=C(CCN1C(=O)c2ccccc2C1=O)N1CCc2c(noc2-c2ccc(Cl)cc2)C1. The summed E-state index contributed by atoms with van der Waals surface area (Å²) in [4.78, 5) is 40.5. The first kappa shape index (κ1) is 19.5. The summed E-state index contributed by atoms with van der Waals surface area (Å²) in [6.07, 6.45) is 0.693. The van der Waals surface area contributed by atoms with E-state index in [1.54, 1.807) is 41.3 Å². The van der Waals surface area contributed by atoms with Crippen molar-refractivity contribution in [1.82, 2.24) is 15.0 Å². The van der Waals surface area contributed by atoms with Gasteiger partial charge in [-0.25, -0.2) is 0 Å². The van der Waals surface area contributed by atoms with Crippen molar-refractivity contribution in [1.29, 1.82) is 0 Å². The van der Waals surface area contributed by atoms with Crippen molar-refractivity contribution in [3.05, 3.63) is 75.9 Å². The van der Waals surface area contributed by atoms with Gasteiger partial charge in [0, 0.05) is 35.7 Å². The number of fused-ring (bicyclic) bond motifs is 2. The third-order valence-electron chi connectivity index (χ3n) is 5.73. The second-order valence-corrected chi connectivity index (χ2v) is 8.00. The second kappa shape index (κ2) is 7.67. The van der Waals surface area contributed by atoms with Crippen LogP contribution in [0.2, 0.25) is 5.02 Å². The van der Waals surface area contributed by atoms with E-state index in [4.69, 9.17) is 16.1 Å². The topological polar surface area (TPSA) is 83.7 Å². The number of amides is 3. The van der Waals surface area contributed by atoms with Crippen LogP contribution in [0.25, 0.3) is 11.3 Å². The van der Waals surface area contributed by atoms with Gasteiger partial charge < -0.3 is 9.42 Å². The molecule has 31 heavy (non-hydrogen) atoms. The summed E-state index contributed by atoms with van der Waals surface area (Å²) in [7, 11) is 0. The second-order valence-electron chi connectivity index (χ2n) is 7.57. The van der Waals surface area contributed by atoms with Crippen molar-refractivity contribution in [2.75, 3.05) is 13.1 Å². The molecule has 1 aromatic heterocycles. The Hall–Kier alpha value is -3.45. The van der Waals surface area contributed by atoms with E-state index < -0.39 is 0 Å². The lowest BCUT2D eigenvalue weighted by molar-refractivity contribution is -0.132. The third-order valence-corrected chi connectivity index (χ3v) is 5.98. The molecule has 0 aliphatic carbocycles. The fraction of sp³-hybridized carbons (Fsp3) is 0.217. The Bertz CT molecular complexity index is 1170. The Morgan fingerprint density at radius 3 is 2.39 bits per heavy atom. The molecule has 2 aliphatic rings. The first-order valence-corrected chi connectivity index (χ1v) is 10.4. The molecule has 0 saturated heterocycles. The summed E-state index contributed by atoms with van der Waals surface area (Å²) in [5.41, 5.74) is 3.39. The maximum atomic E-state index is 12.8. The van der Waals surface area contributed by atoms with Gasteiger partial charge in [-0.3, -0.25) is 19.3 Å². The van der Waals surface area contributed by atoms with Crippen LogP contribution >= 0.6 is 11.6 Å². The molecular weight excluding hydrogens is 418 g/mol. The molecule has 7 nitrogen and oxygen atoms in total. The van der Waals surface area contributed by atoms with Gasteiger partial charge in [-0.05, 0) is 42.8 Å². The van der Waals surface area contributed by atoms with Crippen LogP contribution in [0.3, 0.4) is 0 Å². The molecule has 3 amide bonds. The highest BCUT2D eigenvalue weighted by Gasteiger charge is 2.35. The van der Waals surface area contributed by atoms with Gasteiger partial charge in [-0.1, -0.05) is 28.9 Å². The van der Waals surface area contributed by atoms with Gasteiger partial charge in [0.2, 0.25) is 5.91 Å². The number of aromatic nitrogens is 1. The number of imide groups is 1. The maximum absolute atomic E-state index is 12.8. The number of halogens is 1. The highest BCUT2D eigenvalue weighted by atomic mass is 35.5. The Labute approximate surface area is 183 Å². The largest absolute Gasteiger partial charge is 0.356 e. The molecule has 0 bridgehead atoms. The molecule has 0 N–H and O–H groups in total. The molecule has 0 unspecified atom stereocenters. The van der Waals surface area contributed by atoms with E-state index in [-0.39, 0.29) is 30.7 Å². The van der Waals surface area contributed by atoms with Gasteiger partial charge >= 0.3 is 0 Å². The van der Waals surface area contributed by atoms with E-state index in [2.05, 4.69) is 5.16 Å². The maximum Gasteiger partial charge on any atom is 0.261 e. The lowest BCUT2D eigenvalue weighted by Gasteiger charge is -2.26. The highest BCUT2D eigenvalue weighted by molar-refractivity contribution is 6.30. The molecule has 2 aromatic carbocycles. The van der Waals surface area contributed by atoms with Crippen LogP contribution in [-0.4, -0.2) is 45.8 Å². The van der Waals surface area contributed by atoms with E-state index in [9.17, 15) is 14.4 Å². The Morgan fingerprint density at radius 1 is 1.03 bits per heavy atom. The summed E-state index contributed by atoms with van der Waals surface area (Å²) >= 11 is 5.96. The monoisotopic (exact) mass is 435 g/mol. The van der Waals surface area contributed by atoms with Crippen LogP contribution in [0.4, 0.5) is 0 Å². The zero-order valence-electron chi connectivity index (χ0n) is 16.5. The van der Waals surface area contributed by atoms with Gasteiger partial charge in [-0.15, -0.1) is 0 Å². The molecule has 0 saturated carbocycles. The number of hydrogen-bond donors (Lipinski definition) is 0. The Kier molecular flexibility index (Phi) is 4.82. The molecule has 156 valence electrons. The van der Waals surface area contributed by atoms with Gasteiger partial charge in [-0.2, -0.15) is 0 Å². The minimum Gasteiger partial charge on any atom is -0.356 e. The van der Waals surface area contributed by atoms with Crippen LogP contribution in [0.1, 0.15) is 38.4 Å². The predicted octanol–water partition coefficient (Wildman–Crippen LogP) is 3.57. The van der Waals surface area contributed by atoms with Crippen LogP contribution < -0.4 is 0 Å². The van der Waals surface area contributed by atoms with Crippen molar-refractivity contribution in [2.24, 2.45) is 0 Å². The van der Waals surface area contributed by atoms with Gasteiger partial charge in [0.1, 0.15) is 5.69 Å². The number of carbonyl (C=O) groups excluding carboxylic acids is 3. The number of hydrogen-bond acceptors (Lipinski definition) is 5. The van der Waals surface area contributed by atoms with Crippen LogP contribution in [0.5, 0.6) is 0 Å². The average molecular weight is 436 g/mol. The molecule has 0 fully saturated rings. The molecular formula is C23H18ClN3O4. The van der Waals surface area contributed by atoms with Crippen LogP contribution in [-0.2, 0) is 17.8 Å². The quantitative estimate of drug-likeness (QED) is 0.585. The lowest BCUT2D eigenvalue weighted by Crippen LogP contribution is -2.39. The summed E-state index contributed by atoms with van der Waals surface area (Å²) in [5, 5.41) is 4.80. The Balaban J connectivity index is 1.24. The van der Waals surface area contributed by atoms with Gasteiger partial charge in [0.15, 0.2) is 5.76 Å². The standard InChI is InChI=1S/C23H18ClN3O4/c24-15-7-5-14(6-8-15)21-18-9-11-26(13-19(18)25-31-21)20(28)10-12-27-22(29)16-3-1-2-4-17(16)23(27)30/h1-8H,9-13H2. The first-order chi connectivity index (χ1) is 15.0. The van der Waals surface area contributed by atoms with Gasteiger partial charge in [0.25, 0.3) is 11.8 Å². The van der Waals surface area contributed by atoms with Crippen molar-refractivity contribution in [3.63, 3.8) is 0 Å². The van der Waals surface area contributed by atoms with Crippen LogP contribution in [0, 0.1) is 0 Å². The normalized spacial score (nSPS) is 15.3. The molecule has 8 heteroatoms. The molecule has 0 radical (unpaired) electrons. The predicted molar refractivity (Wildman–Crippen MR) is 112 cm³/mol. The fourth-order valence-electron chi connectivity index (χ4n) is 4.08. The first-order valence-electron chi connectivity index (χ1n) is 9.99. The van der Waals surface area contributed by atoms with E-state index in [0.717, 1.165) is 21.7 Å². The lowest BCUT2D eigenvalue weighted by atomic mass is 10.0. The number of carbonyl (C=O) groups is 3. The van der Waals surface area contributed by atoms with Crippen molar-refractivity contribution in [2.45, 2.75) is 19.4 Å². The number of benzene rings is 2. The summed E-state index contributed by atoms with van der Waals surface area (Å²) in [6, 6.07) is 14.1. The minimum atomic E-state index is -0.349. The summed E-state index contributed by atoms with van der Waals surface area (Å²) < 4.78 is 5.55. The molecule has 2 aliphatic heterocycles. The van der Waals surface area contributed by atoms with Crippen LogP contribution in [0.15, 0.2) is 53.1 Å². The van der Waals surface area contributed by atoms with E-state index in [1.165, 1.54) is 0 Å². The molecule has 3 aromatic rings. The number of rotatable bonds is 4. The highest BCUT2D eigenvalue weighted by Crippen LogP contribution is 2.31. The molecule has 0 spiro atoms. The summed E-state index contributed by atoms with van der Waals surface area (Å²) in [6.45, 7) is 0.923. The fourth-order valence-corrected chi connectivity index (χ4v) is 4.21. The average Bonchev–Trinajstić information content (AvgIpc) is 3.32. The third kappa shape index (κ3) is 3.41. The van der Waals surface area contributed by atoms with E-state index >= 15 is 0 Å². The smallest absolute Gasteiger partial charge is 0.261 e. The Morgan fingerprint density at radius 2 is 1.71 bits per heavy atom. The number of nitrogens with zero attached hydrogens (tertiary/aromatic N) is 3. The van der Waals surface area contributed by atoms with Crippen molar-refractivity contribution in [3.8, 4) is 11.3 Å². The summed E-state index contributed by atoms with van der Waals surface area (Å²) in [5.74, 6) is -0.125. The van der Waals surface area contributed by atoms with Crippen molar-refractivity contribution >= 4 is 29.3 Å². The molecule has 0 atom stereocenters. The molecule has 3 heterocycles. The van der Waals surface area contributed by atoms with E-state index in [0.29, 0.717) is 41.4 Å². The molecule has 5 rings (SSSR count). The minimum absolute atomic E-state index is 0.0589. The zero-order valence-corrected chi connectivity index (χ0v) is 17.3. The van der Waals surface area contributed by atoms with Crippen molar-refractivity contribution < 1.29 is 18.9 Å².